The fourth-order valence-electron chi connectivity index (χ4n) is 2.08. The van der Waals surface area contributed by atoms with Crippen LogP contribution in [0, 0.1) is 25.2 Å². The minimum absolute atomic E-state index is 0.160. The fraction of sp³-hybridized carbons (Fsp3) is 0.118. The van der Waals surface area contributed by atoms with E-state index in [-0.39, 0.29) is 11.0 Å². The number of thiocarbonyl (C=S) groups is 1. The molecular weight excluding hydrogens is 294 g/mol. The maximum Gasteiger partial charge on any atom is 0.257 e. The molecule has 0 heterocycles. The van der Waals surface area contributed by atoms with Crippen molar-refractivity contribution in [1.82, 2.24) is 5.32 Å². The molecule has 0 unspecified atom stereocenters. The molecule has 5 heteroatoms. The molecule has 0 saturated heterocycles. The number of aryl methyl sites for hydroxylation is 2. The van der Waals surface area contributed by atoms with Crippen LogP contribution in [0.15, 0.2) is 42.5 Å². The lowest BCUT2D eigenvalue weighted by atomic mass is 10.1. The van der Waals surface area contributed by atoms with Gasteiger partial charge in [-0.05, 0) is 49.8 Å². The van der Waals surface area contributed by atoms with Crippen LogP contribution in [-0.4, -0.2) is 11.0 Å². The van der Waals surface area contributed by atoms with Crippen molar-refractivity contribution in [3.8, 4) is 6.07 Å². The highest BCUT2D eigenvalue weighted by Crippen LogP contribution is 2.14. The zero-order chi connectivity index (χ0) is 16.1. The molecule has 0 aliphatic heterocycles. The standard InChI is InChI=1S/C17H15N3OS/c1-11-7-8-14(12(2)9-11)16(21)20-17(22)19-15-6-4-3-5-13(15)10-18/h3-9H,1-2H3,(H2,19,20,21,22). The molecule has 2 N–H and O–H groups in total. The molecule has 0 bridgehead atoms. The average Bonchev–Trinajstić information content (AvgIpc) is 2.47. The fourth-order valence-corrected chi connectivity index (χ4v) is 2.28. The lowest BCUT2D eigenvalue weighted by Crippen LogP contribution is -2.34. The predicted octanol–water partition coefficient (Wildman–Crippen LogP) is 3.30. The second kappa shape index (κ2) is 6.83. The third kappa shape index (κ3) is 3.68. The van der Waals surface area contributed by atoms with Crippen LogP contribution in [0.4, 0.5) is 5.69 Å². The summed E-state index contributed by atoms with van der Waals surface area (Å²) in [4.78, 5) is 12.2. The molecule has 110 valence electrons. The molecule has 2 rings (SSSR count). The number of hydrogen-bond donors (Lipinski definition) is 2. The highest BCUT2D eigenvalue weighted by Gasteiger charge is 2.11. The van der Waals surface area contributed by atoms with Crippen LogP contribution in [0.25, 0.3) is 0 Å². The van der Waals surface area contributed by atoms with Crippen molar-refractivity contribution in [1.29, 1.82) is 5.26 Å². The number of hydrogen-bond acceptors (Lipinski definition) is 3. The summed E-state index contributed by atoms with van der Waals surface area (Å²) < 4.78 is 0. The predicted molar refractivity (Wildman–Crippen MR) is 90.8 cm³/mol. The minimum atomic E-state index is -0.274. The number of para-hydroxylation sites is 1. The third-order valence-corrected chi connectivity index (χ3v) is 3.35. The summed E-state index contributed by atoms with van der Waals surface area (Å²) in [5.74, 6) is -0.274. The molecule has 0 aromatic heterocycles. The Bertz CT molecular complexity index is 778. The number of carbonyl (C=O) groups excluding carboxylic acids is 1. The number of anilines is 1. The van der Waals surface area contributed by atoms with E-state index in [0.717, 1.165) is 11.1 Å². The van der Waals surface area contributed by atoms with Crippen molar-refractivity contribution in [2.75, 3.05) is 5.32 Å². The summed E-state index contributed by atoms with van der Waals surface area (Å²) in [5, 5.41) is 14.7. The SMILES string of the molecule is Cc1ccc(C(=O)NC(=S)Nc2ccccc2C#N)c(C)c1. The van der Waals surface area contributed by atoms with Gasteiger partial charge in [-0.1, -0.05) is 29.8 Å². The summed E-state index contributed by atoms with van der Waals surface area (Å²) in [6.07, 6.45) is 0. The van der Waals surface area contributed by atoms with E-state index in [1.165, 1.54) is 0 Å². The van der Waals surface area contributed by atoms with Crippen molar-refractivity contribution in [2.24, 2.45) is 0 Å². The van der Waals surface area contributed by atoms with E-state index in [0.29, 0.717) is 16.8 Å². The van der Waals surface area contributed by atoms with Gasteiger partial charge in [-0.15, -0.1) is 0 Å². The quantitative estimate of drug-likeness (QED) is 0.835. The molecule has 0 aliphatic carbocycles. The van der Waals surface area contributed by atoms with Gasteiger partial charge in [0.1, 0.15) is 6.07 Å². The number of amides is 1. The van der Waals surface area contributed by atoms with Gasteiger partial charge < -0.3 is 5.32 Å². The molecule has 0 saturated carbocycles. The van der Waals surface area contributed by atoms with Crippen molar-refractivity contribution >= 4 is 28.9 Å². The van der Waals surface area contributed by atoms with Crippen LogP contribution in [0.3, 0.4) is 0 Å². The Balaban J connectivity index is 2.09. The van der Waals surface area contributed by atoms with E-state index in [1.807, 2.05) is 26.0 Å². The van der Waals surface area contributed by atoms with Gasteiger partial charge in [0.25, 0.3) is 5.91 Å². The van der Waals surface area contributed by atoms with E-state index >= 15 is 0 Å². The van der Waals surface area contributed by atoms with Gasteiger partial charge in [0.05, 0.1) is 11.3 Å². The summed E-state index contributed by atoms with van der Waals surface area (Å²) in [6, 6.07) is 14.6. The number of nitriles is 1. The summed E-state index contributed by atoms with van der Waals surface area (Å²) >= 11 is 5.14. The molecule has 0 fully saturated rings. The van der Waals surface area contributed by atoms with Crippen LogP contribution in [0.5, 0.6) is 0 Å². The summed E-state index contributed by atoms with van der Waals surface area (Å²) in [7, 11) is 0. The minimum Gasteiger partial charge on any atom is -0.331 e. The molecular formula is C17H15N3OS. The van der Waals surface area contributed by atoms with Crippen LogP contribution < -0.4 is 10.6 Å². The largest absolute Gasteiger partial charge is 0.331 e. The average molecular weight is 309 g/mol. The van der Waals surface area contributed by atoms with Gasteiger partial charge in [-0.25, -0.2) is 0 Å². The maximum atomic E-state index is 12.2. The van der Waals surface area contributed by atoms with E-state index in [2.05, 4.69) is 16.7 Å². The molecule has 1 amide bonds. The van der Waals surface area contributed by atoms with Crippen LogP contribution >= 0.6 is 12.2 Å². The number of rotatable bonds is 2. The molecule has 2 aromatic carbocycles. The van der Waals surface area contributed by atoms with Gasteiger partial charge in [-0.2, -0.15) is 5.26 Å². The van der Waals surface area contributed by atoms with Crippen molar-refractivity contribution in [3.63, 3.8) is 0 Å². The number of benzene rings is 2. The third-order valence-electron chi connectivity index (χ3n) is 3.15. The highest BCUT2D eigenvalue weighted by molar-refractivity contribution is 7.80. The van der Waals surface area contributed by atoms with Gasteiger partial charge >= 0.3 is 0 Å². The van der Waals surface area contributed by atoms with Gasteiger partial charge in [0.15, 0.2) is 5.11 Å². The summed E-state index contributed by atoms with van der Waals surface area (Å²) in [6.45, 7) is 3.85. The second-order valence-electron chi connectivity index (χ2n) is 4.88. The Morgan fingerprint density at radius 3 is 2.59 bits per heavy atom. The van der Waals surface area contributed by atoms with Gasteiger partial charge in [-0.3, -0.25) is 10.1 Å². The normalized spacial score (nSPS) is 9.68. The first-order valence-electron chi connectivity index (χ1n) is 6.70. The molecule has 0 aliphatic rings. The van der Waals surface area contributed by atoms with Crippen molar-refractivity contribution < 1.29 is 4.79 Å². The Morgan fingerprint density at radius 1 is 1.18 bits per heavy atom. The van der Waals surface area contributed by atoms with E-state index in [1.54, 1.807) is 30.3 Å². The lowest BCUT2D eigenvalue weighted by Gasteiger charge is -2.12. The molecule has 0 radical (unpaired) electrons. The Hall–Kier alpha value is -2.71. The van der Waals surface area contributed by atoms with Crippen LogP contribution in [0.2, 0.25) is 0 Å². The zero-order valence-electron chi connectivity index (χ0n) is 12.3. The Labute approximate surface area is 134 Å². The zero-order valence-corrected chi connectivity index (χ0v) is 13.1. The Morgan fingerprint density at radius 2 is 1.91 bits per heavy atom. The van der Waals surface area contributed by atoms with Crippen LogP contribution in [0.1, 0.15) is 27.0 Å². The van der Waals surface area contributed by atoms with Crippen molar-refractivity contribution in [2.45, 2.75) is 13.8 Å². The molecule has 22 heavy (non-hydrogen) atoms. The highest BCUT2D eigenvalue weighted by atomic mass is 32.1. The lowest BCUT2D eigenvalue weighted by molar-refractivity contribution is 0.0977. The number of nitrogens with one attached hydrogen (secondary N) is 2. The number of carbonyl (C=O) groups is 1. The van der Waals surface area contributed by atoms with Crippen LogP contribution in [-0.2, 0) is 0 Å². The molecule has 2 aromatic rings. The monoisotopic (exact) mass is 309 g/mol. The summed E-state index contributed by atoms with van der Waals surface area (Å²) in [5.41, 5.74) is 3.58. The maximum absolute atomic E-state index is 12.2. The smallest absolute Gasteiger partial charge is 0.257 e. The van der Waals surface area contributed by atoms with Gasteiger partial charge in [0.2, 0.25) is 0 Å². The van der Waals surface area contributed by atoms with E-state index in [9.17, 15) is 4.79 Å². The van der Waals surface area contributed by atoms with E-state index < -0.39 is 0 Å². The number of nitrogens with zero attached hydrogens (tertiary/aromatic N) is 1. The first kappa shape index (κ1) is 15.7. The second-order valence-corrected chi connectivity index (χ2v) is 5.29. The molecule has 0 spiro atoms. The first-order chi connectivity index (χ1) is 10.5. The Kier molecular flexibility index (Phi) is 4.87. The van der Waals surface area contributed by atoms with Gasteiger partial charge in [0, 0.05) is 5.56 Å². The topological polar surface area (TPSA) is 64.9 Å². The molecule has 0 atom stereocenters. The van der Waals surface area contributed by atoms with E-state index in [4.69, 9.17) is 17.5 Å². The van der Waals surface area contributed by atoms with Crippen molar-refractivity contribution in [3.05, 3.63) is 64.7 Å². The first-order valence-corrected chi connectivity index (χ1v) is 7.11. The molecule has 4 nitrogen and oxygen atoms in total.